The van der Waals surface area contributed by atoms with Crippen LogP contribution in [0.3, 0.4) is 0 Å². The monoisotopic (exact) mass is 540 g/mol. The van der Waals surface area contributed by atoms with Gasteiger partial charge in [0.15, 0.2) is 23.1 Å². The topological polar surface area (TPSA) is 144 Å². The minimum atomic E-state index is -1.13. The summed E-state index contributed by atoms with van der Waals surface area (Å²) in [5.74, 6) is -4.79. The number of hydrogen-bond donors (Lipinski definition) is 2. The molecule has 10 heteroatoms. The van der Waals surface area contributed by atoms with Gasteiger partial charge in [-0.2, -0.15) is 4.90 Å². The zero-order valence-electron chi connectivity index (χ0n) is 18.6. The first-order valence-corrected chi connectivity index (χ1v) is 12.0. The third-order valence-corrected chi connectivity index (χ3v) is 7.76. The highest BCUT2D eigenvalue weighted by Gasteiger charge is 2.57. The van der Waals surface area contributed by atoms with Crippen molar-refractivity contribution in [3.05, 3.63) is 57.1 Å². The second kappa shape index (κ2) is 8.30. The summed E-state index contributed by atoms with van der Waals surface area (Å²) in [5.41, 5.74) is 7.20. The van der Waals surface area contributed by atoms with Crippen LogP contribution in [0.1, 0.15) is 31.2 Å². The lowest BCUT2D eigenvalue weighted by Gasteiger charge is -2.42. The Labute approximate surface area is 208 Å². The Morgan fingerprint density at radius 2 is 1.94 bits per heavy atom. The van der Waals surface area contributed by atoms with E-state index in [-0.39, 0.29) is 46.0 Å². The summed E-state index contributed by atoms with van der Waals surface area (Å²) in [7, 11) is 0. The molecule has 0 saturated carbocycles. The molecule has 35 heavy (non-hydrogen) atoms. The van der Waals surface area contributed by atoms with Crippen molar-refractivity contribution in [1.29, 1.82) is 0 Å². The Morgan fingerprint density at radius 3 is 2.63 bits per heavy atom. The van der Waals surface area contributed by atoms with E-state index in [1.807, 2.05) is 6.08 Å². The van der Waals surface area contributed by atoms with Gasteiger partial charge < -0.3 is 15.6 Å². The second-order valence-electron chi connectivity index (χ2n) is 8.90. The Hall–Kier alpha value is -3.53. The molecule has 1 heterocycles. The number of Topliss-reactive ketones (excluding diaryl/α,β-unsaturated/α-hetero) is 1. The van der Waals surface area contributed by atoms with Crippen molar-refractivity contribution in [2.75, 3.05) is 6.61 Å². The first kappa shape index (κ1) is 23.2. The number of phenolic OH excluding ortho intramolecular Hbond substituents is 1. The molecule has 1 aromatic rings. The third kappa shape index (κ3) is 3.38. The molecule has 5 rings (SSSR count). The number of benzene rings is 1. The molecule has 4 atom stereocenters. The first-order valence-electron chi connectivity index (χ1n) is 11.2. The third-order valence-electron chi connectivity index (χ3n) is 7.17. The fraction of sp³-hybridized carbons (Fsp3) is 0.320. The summed E-state index contributed by atoms with van der Waals surface area (Å²) in [6.45, 7) is 2.07. The van der Waals surface area contributed by atoms with Crippen LogP contribution >= 0.6 is 15.9 Å². The van der Waals surface area contributed by atoms with E-state index < -0.39 is 41.5 Å². The molecule has 1 saturated heterocycles. The van der Waals surface area contributed by atoms with Gasteiger partial charge >= 0.3 is 6.03 Å². The summed E-state index contributed by atoms with van der Waals surface area (Å²) >= 11 is 3.17. The van der Waals surface area contributed by atoms with Crippen LogP contribution in [-0.2, 0) is 19.2 Å². The van der Waals surface area contributed by atoms with E-state index in [2.05, 4.69) is 15.9 Å². The molecule has 4 amide bonds. The van der Waals surface area contributed by atoms with Gasteiger partial charge in [0.2, 0.25) is 11.8 Å². The fourth-order valence-electron chi connectivity index (χ4n) is 5.78. The SMILES string of the molecule is CCOc1cc([C@H]2C3=CC[C@@H]4C(=O)N(C(N)=O)C(=O)[C@@H]4[C@@H]3CC3=C2C(=O)C=C(Br)C3=O)ccc1O. The highest BCUT2D eigenvalue weighted by Crippen LogP contribution is 2.55. The van der Waals surface area contributed by atoms with Gasteiger partial charge in [-0.15, -0.1) is 0 Å². The summed E-state index contributed by atoms with van der Waals surface area (Å²) in [4.78, 5) is 64.6. The van der Waals surface area contributed by atoms with Crippen LogP contribution in [0.15, 0.2) is 51.6 Å². The van der Waals surface area contributed by atoms with E-state index >= 15 is 0 Å². The summed E-state index contributed by atoms with van der Waals surface area (Å²) in [5, 5.41) is 10.2. The van der Waals surface area contributed by atoms with Gasteiger partial charge in [0.25, 0.3) is 0 Å². The number of rotatable bonds is 3. The van der Waals surface area contributed by atoms with Gasteiger partial charge in [-0.25, -0.2) is 4.79 Å². The van der Waals surface area contributed by atoms with Gasteiger partial charge in [0.05, 0.1) is 22.9 Å². The molecule has 1 fully saturated rings. The molecule has 0 unspecified atom stereocenters. The molecule has 0 aromatic heterocycles. The fourth-order valence-corrected chi connectivity index (χ4v) is 6.23. The second-order valence-corrected chi connectivity index (χ2v) is 9.76. The molecule has 9 nitrogen and oxygen atoms in total. The molecular formula is C25H21BrN2O7. The zero-order chi connectivity index (χ0) is 25.2. The van der Waals surface area contributed by atoms with Gasteiger partial charge in [-0.05, 0) is 59.3 Å². The van der Waals surface area contributed by atoms with Crippen LogP contribution in [0.2, 0.25) is 0 Å². The van der Waals surface area contributed by atoms with Crippen LogP contribution in [-0.4, -0.2) is 46.0 Å². The van der Waals surface area contributed by atoms with Crippen LogP contribution < -0.4 is 10.5 Å². The van der Waals surface area contributed by atoms with Crippen LogP contribution in [0.5, 0.6) is 11.5 Å². The van der Waals surface area contributed by atoms with Crippen molar-refractivity contribution in [3.63, 3.8) is 0 Å². The molecule has 0 radical (unpaired) electrons. The largest absolute Gasteiger partial charge is 0.504 e. The van der Waals surface area contributed by atoms with E-state index in [0.717, 1.165) is 5.57 Å². The lowest BCUT2D eigenvalue weighted by molar-refractivity contribution is -0.136. The molecule has 1 aliphatic heterocycles. The number of allylic oxidation sites excluding steroid dienone is 6. The molecule has 180 valence electrons. The molecule has 3 N–H and O–H groups in total. The van der Waals surface area contributed by atoms with Gasteiger partial charge in [-0.1, -0.05) is 17.7 Å². The number of phenols is 1. The van der Waals surface area contributed by atoms with Crippen molar-refractivity contribution >= 4 is 45.3 Å². The quantitative estimate of drug-likeness (QED) is 0.340. The number of fused-ring (bicyclic) bond motifs is 3. The highest BCUT2D eigenvalue weighted by molar-refractivity contribution is 9.12. The molecular weight excluding hydrogens is 520 g/mol. The van der Waals surface area contributed by atoms with Crippen LogP contribution in [0.25, 0.3) is 0 Å². The van der Waals surface area contributed by atoms with Crippen molar-refractivity contribution in [3.8, 4) is 11.5 Å². The number of carbonyl (C=O) groups is 5. The number of primary amides is 1. The predicted molar refractivity (Wildman–Crippen MR) is 125 cm³/mol. The number of likely N-dealkylation sites (tertiary alicyclic amines) is 1. The maximum absolute atomic E-state index is 13.2. The smallest absolute Gasteiger partial charge is 0.328 e. The number of ketones is 2. The van der Waals surface area contributed by atoms with Crippen LogP contribution in [0, 0.1) is 17.8 Å². The number of ether oxygens (including phenoxy) is 1. The van der Waals surface area contributed by atoms with Crippen molar-refractivity contribution in [2.45, 2.75) is 25.7 Å². The van der Waals surface area contributed by atoms with Gasteiger partial charge in [0.1, 0.15) is 0 Å². The Bertz CT molecular complexity index is 1320. The number of hydrogen-bond acceptors (Lipinski definition) is 7. The summed E-state index contributed by atoms with van der Waals surface area (Å²) in [6, 6.07) is 3.59. The van der Waals surface area contributed by atoms with Gasteiger partial charge in [-0.3, -0.25) is 19.2 Å². The summed E-state index contributed by atoms with van der Waals surface area (Å²) in [6.07, 6.45) is 3.34. The maximum atomic E-state index is 13.2. The lowest BCUT2D eigenvalue weighted by Crippen LogP contribution is -2.42. The Kier molecular flexibility index (Phi) is 5.51. The minimum Gasteiger partial charge on any atom is -0.504 e. The molecule has 4 aliphatic rings. The molecule has 0 spiro atoms. The number of amides is 4. The number of halogens is 1. The number of imide groups is 3. The first-order chi connectivity index (χ1) is 16.6. The van der Waals surface area contributed by atoms with Crippen molar-refractivity contribution < 1.29 is 33.8 Å². The lowest BCUT2D eigenvalue weighted by atomic mass is 9.59. The zero-order valence-corrected chi connectivity index (χ0v) is 20.2. The number of nitrogens with two attached hydrogens (primary N) is 1. The van der Waals surface area contributed by atoms with E-state index in [9.17, 15) is 29.1 Å². The van der Waals surface area contributed by atoms with Crippen LogP contribution in [0.4, 0.5) is 4.79 Å². The Balaban J connectivity index is 1.69. The average molecular weight is 541 g/mol. The summed E-state index contributed by atoms with van der Waals surface area (Å²) < 4.78 is 5.65. The molecule has 0 bridgehead atoms. The number of nitrogens with zero attached hydrogens (tertiary/aromatic N) is 1. The average Bonchev–Trinajstić information content (AvgIpc) is 3.08. The normalized spacial score (nSPS) is 27.8. The number of urea groups is 1. The number of aromatic hydroxyl groups is 1. The van der Waals surface area contributed by atoms with E-state index in [1.54, 1.807) is 19.1 Å². The maximum Gasteiger partial charge on any atom is 0.328 e. The van der Waals surface area contributed by atoms with E-state index in [0.29, 0.717) is 22.6 Å². The molecule has 1 aromatic carbocycles. The van der Waals surface area contributed by atoms with E-state index in [4.69, 9.17) is 10.5 Å². The standard InChI is InChI=1S/C25H21BrN2O7/c1-2-35-18-7-10(3-6-16(18)29)19-11-4-5-12-20(24(33)28(23(12)32)25(27)34)13(11)8-14-21(19)17(30)9-15(26)22(14)31/h3-4,6-7,9,12-13,19-20,29H,2,5,8H2,1H3,(H2,27,34)/t12-,13+,19-,20-/m0/s1. The highest BCUT2D eigenvalue weighted by atomic mass is 79.9. The van der Waals surface area contributed by atoms with Gasteiger partial charge in [0, 0.05) is 23.1 Å². The van der Waals surface area contributed by atoms with Crippen molar-refractivity contribution in [2.24, 2.45) is 23.5 Å². The predicted octanol–water partition coefficient (Wildman–Crippen LogP) is 2.63. The van der Waals surface area contributed by atoms with Crippen molar-refractivity contribution in [1.82, 2.24) is 4.90 Å². The minimum absolute atomic E-state index is 0.0720. The molecule has 3 aliphatic carbocycles. The Morgan fingerprint density at radius 1 is 1.20 bits per heavy atom. The van der Waals surface area contributed by atoms with E-state index in [1.165, 1.54) is 12.1 Å². The number of carbonyl (C=O) groups excluding carboxylic acids is 5.